The number of aliphatic hydroxyl groups is 1. The van der Waals surface area contributed by atoms with E-state index < -0.39 is 0 Å². The van der Waals surface area contributed by atoms with E-state index in [4.69, 9.17) is 4.74 Å². The highest BCUT2D eigenvalue weighted by Gasteiger charge is 2.67. The number of ether oxygens (including phenoxy) is 1. The van der Waals surface area contributed by atoms with Gasteiger partial charge in [0.05, 0.1) is 18.8 Å². The number of carbonyl (C=O) groups excluding carboxylic acids is 1. The number of rotatable bonds is 2. The maximum absolute atomic E-state index is 12.8. The number of hydrogen-bond donors (Lipinski definition) is 1. The molecule has 3 aliphatic heterocycles. The number of aliphatic hydroxyl groups excluding tert-OH is 1. The van der Waals surface area contributed by atoms with E-state index in [1.807, 2.05) is 17.0 Å². The molecular formula is C22H28N2O3. The number of benzene rings is 1. The SMILES string of the molecule is CC=C1CN2CC[C@]34c5ccc(OC)cc5N(C(C)=O)[C@H]3[C@H](CO)[C@H]1C[C@H]24. The fraction of sp³-hybridized carbons (Fsp3) is 0.591. The molecule has 1 aliphatic carbocycles. The summed E-state index contributed by atoms with van der Waals surface area (Å²) in [5.41, 5.74) is 3.62. The van der Waals surface area contributed by atoms with Crippen molar-refractivity contribution in [2.45, 2.75) is 44.2 Å². The zero-order valence-electron chi connectivity index (χ0n) is 16.3. The molecule has 3 fully saturated rings. The molecule has 1 amide bonds. The van der Waals surface area contributed by atoms with Gasteiger partial charge in [-0.2, -0.15) is 0 Å². The Morgan fingerprint density at radius 1 is 1.44 bits per heavy atom. The largest absolute Gasteiger partial charge is 0.497 e. The third-order valence-corrected chi connectivity index (χ3v) is 7.80. The molecule has 1 saturated carbocycles. The maximum atomic E-state index is 12.8. The third kappa shape index (κ3) is 1.99. The molecule has 1 N–H and O–H groups in total. The minimum Gasteiger partial charge on any atom is -0.497 e. The second kappa shape index (κ2) is 5.82. The molecular weight excluding hydrogens is 340 g/mol. The molecule has 144 valence electrons. The molecule has 1 aromatic carbocycles. The predicted octanol–water partition coefficient (Wildman–Crippen LogP) is 2.33. The molecule has 0 radical (unpaired) electrons. The van der Waals surface area contributed by atoms with Crippen molar-refractivity contribution in [2.24, 2.45) is 11.8 Å². The lowest BCUT2D eigenvalue weighted by molar-refractivity contribution is -0.118. The number of carbonyl (C=O) groups is 1. The molecule has 5 atom stereocenters. The number of allylic oxidation sites excluding steroid dienone is 1. The summed E-state index contributed by atoms with van der Waals surface area (Å²) < 4.78 is 5.47. The number of nitrogens with zero attached hydrogens (tertiary/aromatic N) is 2. The number of piperidine rings is 1. The first-order valence-corrected chi connectivity index (χ1v) is 10.0. The van der Waals surface area contributed by atoms with Gasteiger partial charge in [-0.25, -0.2) is 0 Å². The smallest absolute Gasteiger partial charge is 0.224 e. The molecule has 0 aromatic heterocycles. The van der Waals surface area contributed by atoms with Gasteiger partial charge in [-0.3, -0.25) is 9.69 Å². The minimum atomic E-state index is -0.0730. The van der Waals surface area contributed by atoms with Gasteiger partial charge >= 0.3 is 0 Å². The van der Waals surface area contributed by atoms with Gasteiger partial charge < -0.3 is 14.7 Å². The van der Waals surface area contributed by atoms with Crippen molar-refractivity contribution < 1.29 is 14.6 Å². The van der Waals surface area contributed by atoms with Crippen LogP contribution >= 0.6 is 0 Å². The molecule has 5 nitrogen and oxygen atoms in total. The normalized spacial score (nSPS) is 38.1. The number of hydrogen-bond acceptors (Lipinski definition) is 4. The molecule has 2 bridgehead atoms. The molecule has 4 aliphatic rings. The summed E-state index contributed by atoms with van der Waals surface area (Å²) in [6.07, 6.45) is 4.36. The molecule has 2 saturated heterocycles. The first-order chi connectivity index (χ1) is 13.1. The van der Waals surface area contributed by atoms with Gasteiger partial charge in [-0.15, -0.1) is 0 Å². The highest BCUT2D eigenvalue weighted by Crippen LogP contribution is 2.63. The Morgan fingerprint density at radius 3 is 2.93 bits per heavy atom. The second-order valence-corrected chi connectivity index (χ2v) is 8.55. The number of amides is 1. The van der Waals surface area contributed by atoms with Crippen LogP contribution in [-0.2, 0) is 10.2 Å². The lowest BCUT2D eigenvalue weighted by Gasteiger charge is -2.56. The van der Waals surface area contributed by atoms with Crippen molar-refractivity contribution in [1.82, 2.24) is 4.90 Å². The Labute approximate surface area is 160 Å². The lowest BCUT2D eigenvalue weighted by Crippen LogP contribution is -2.65. The van der Waals surface area contributed by atoms with Crippen LogP contribution in [0.1, 0.15) is 32.3 Å². The van der Waals surface area contributed by atoms with Crippen LogP contribution in [0.3, 0.4) is 0 Å². The Hall–Kier alpha value is -1.85. The van der Waals surface area contributed by atoms with Crippen LogP contribution in [0.25, 0.3) is 0 Å². The maximum Gasteiger partial charge on any atom is 0.224 e. The monoisotopic (exact) mass is 368 g/mol. The fourth-order valence-electron chi connectivity index (χ4n) is 6.84. The number of methoxy groups -OCH3 is 1. The minimum absolute atomic E-state index is 0.0195. The van der Waals surface area contributed by atoms with Crippen molar-refractivity contribution in [3.63, 3.8) is 0 Å². The summed E-state index contributed by atoms with van der Waals surface area (Å²) in [6.45, 7) is 5.95. The predicted molar refractivity (Wildman–Crippen MR) is 104 cm³/mol. The first-order valence-electron chi connectivity index (χ1n) is 10.0. The van der Waals surface area contributed by atoms with E-state index in [9.17, 15) is 9.90 Å². The van der Waals surface area contributed by atoms with Gasteiger partial charge in [-0.1, -0.05) is 17.7 Å². The van der Waals surface area contributed by atoms with E-state index in [-0.39, 0.29) is 29.9 Å². The molecule has 5 heteroatoms. The quantitative estimate of drug-likeness (QED) is 0.814. The number of fused-ring (bicyclic) bond motifs is 2. The number of anilines is 1. The summed E-state index contributed by atoms with van der Waals surface area (Å²) in [4.78, 5) is 17.4. The fourth-order valence-corrected chi connectivity index (χ4v) is 6.84. The highest BCUT2D eigenvalue weighted by atomic mass is 16.5. The molecule has 27 heavy (non-hydrogen) atoms. The van der Waals surface area contributed by atoms with Crippen molar-refractivity contribution >= 4 is 11.6 Å². The standard InChI is InChI=1S/C22H28N2O3/c1-4-14-11-23-8-7-22-18-6-5-15(27-3)9-19(18)24(13(2)26)21(22)17(12-25)16(14)10-20(22)23/h4-6,9,16-17,20-21,25H,7-8,10-12H2,1-3H3/t16-,17+,20-,21-,22+/m0/s1. The van der Waals surface area contributed by atoms with E-state index in [0.29, 0.717) is 12.0 Å². The second-order valence-electron chi connectivity index (χ2n) is 8.55. The average molecular weight is 368 g/mol. The van der Waals surface area contributed by atoms with E-state index in [0.717, 1.165) is 37.4 Å². The van der Waals surface area contributed by atoms with E-state index >= 15 is 0 Å². The van der Waals surface area contributed by atoms with Crippen LogP contribution < -0.4 is 9.64 Å². The van der Waals surface area contributed by atoms with Gasteiger partial charge in [0, 0.05) is 43.5 Å². The average Bonchev–Trinajstić information content (AvgIpc) is 3.21. The molecule has 1 spiro atoms. The van der Waals surface area contributed by atoms with Crippen molar-refractivity contribution in [1.29, 1.82) is 0 Å². The lowest BCUT2D eigenvalue weighted by atomic mass is 9.55. The Morgan fingerprint density at radius 2 is 2.26 bits per heavy atom. The molecule has 1 aromatic rings. The summed E-state index contributed by atoms with van der Waals surface area (Å²) in [5.74, 6) is 1.28. The molecule has 0 unspecified atom stereocenters. The van der Waals surface area contributed by atoms with Gasteiger partial charge in [0.2, 0.25) is 5.91 Å². The Bertz CT molecular complexity index is 835. The van der Waals surface area contributed by atoms with Crippen LogP contribution in [0, 0.1) is 11.8 Å². The molecule has 5 rings (SSSR count). The third-order valence-electron chi connectivity index (χ3n) is 7.80. The van der Waals surface area contributed by atoms with Gasteiger partial charge in [0.25, 0.3) is 0 Å². The summed E-state index contributed by atoms with van der Waals surface area (Å²) >= 11 is 0. The highest BCUT2D eigenvalue weighted by molar-refractivity contribution is 5.96. The van der Waals surface area contributed by atoms with Gasteiger partial charge in [0.15, 0.2) is 0 Å². The van der Waals surface area contributed by atoms with Crippen LogP contribution in [0.15, 0.2) is 29.8 Å². The zero-order chi connectivity index (χ0) is 18.9. The Kier molecular flexibility index (Phi) is 3.72. The zero-order valence-corrected chi connectivity index (χ0v) is 16.3. The van der Waals surface area contributed by atoms with Gasteiger partial charge in [0.1, 0.15) is 5.75 Å². The summed E-state index contributed by atoms with van der Waals surface area (Å²) in [6, 6.07) is 6.67. The first kappa shape index (κ1) is 17.3. The van der Waals surface area contributed by atoms with E-state index in [2.05, 4.69) is 24.0 Å². The van der Waals surface area contributed by atoms with Crippen molar-refractivity contribution in [2.75, 3.05) is 31.7 Å². The van der Waals surface area contributed by atoms with Gasteiger partial charge in [-0.05, 0) is 43.9 Å². The van der Waals surface area contributed by atoms with Crippen molar-refractivity contribution in [3.05, 3.63) is 35.4 Å². The summed E-state index contributed by atoms with van der Waals surface area (Å²) in [5, 5.41) is 10.5. The molecule has 3 heterocycles. The van der Waals surface area contributed by atoms with Crippen molar-refractivity contribution in [3.8, 4) is 5.75 Å². The topological polar surface area (TPSA) is 53.0 Å². The van der Waals surface area contributed by atoms with Crippen LogP contribution in [0.5, 0.6) is 5.75 Å². The van der Waals surface area contributed by atoms with E-state index in [1.54, 1.807) is 14.0 Å². The van der Waals surface area contributed by atoms with Crippen LogP contribution in [-0.4, -0.2) is 54.8 Å². The Balaban J connectivity index is 1.76. The summed E-state index contributed by atoms with van der Waals surface area (Å²) in [7, 11) is 1.67. The van der Waals surface area contributed by atoms with Crippen LogP contribution in [0.2, 0.25) is 0 Å². The van der Waals surface area contributed by atoms with E-state index in [1.165, 1.54) is 11.1 Å². The van der Waals surface area contributed by atoms with Crippen LogP contribution in [0.4, 0.5) is 5.69 Å².